The second kappa shape index (κ2) is 6.97. The van der Waals surface area contributed by atoms with E-state index >= 15 is 0 Å². The van der Waals surface area contributed by atoms with Crippen LogP contribution in [0.15, 0.2) is 0 Å². The van der Waals surface area contributed by atoms with Crippen molar-refractivity contribution in [2.24, 2.45) is 0 Å². The summed E-state index contributed by atoms with van der Waals surface area (Å²) in [6, 6.07) is 1.89. The number of phosphoric acid groups is 1. The molecule has 0 fully saturated rings. The molecule has 6 heteroatoms. The molecule has 0 atom stereocenters. The summed E-state index contributed by atoms with van der Waals surface area (Å²) in [5, 5.41) is 8.33. The van der Waals surface area contributed by atoms with Crippen LogP contribution >= 0.6 is 7.82 Å². The standard InChI is InChI=1S/C9H18NO4P/c1-8(2)13-15(11,14-9(3)4)12-7-5-6-10/h8-9H,5,7H2,1-4H3. The molecule has 15 heavy (non-hydrogen) atoms. The maximum absolute atomic E-state index is 11.9. The number of hydrogen-bond acceptors (Lipinski definition) is 5. The Morgan fingerprint density at radius 2 is 1.67 bits per heavy atom. The van der Waals surface area contributed by atoms with Gasteiger partial charge in [0, 0.05) is 0 Å². The van der Waals surface area contributed by atoms with Crippen LogP contribution in [0.4, 0.5) is 0 Å². The zero-order chi connectivity index (χ0) is 11.9. The minimum atomic E-state index is -3.51. The van der Waals surface area contributed by atoms with Gasteiger partial charge >= 0.3 is 7.82 Å². The average Bonchev–Trinajstić information content (AvgIpc) is 2.00. The molecule has 0 radical (unpaired) electrons. The van der Waals surface area contributed by atoms with E-state index in [-0.39, 0.29) is 25.2 Å². The fourth-order valence-corrected chi connectivity index (χ4v) is 2.32. The van der Waals surface area contributed by atoms with Crippen molar-refractivity contribution < 1.29 is 18.1 Å². The Balaban J connectivity index is 4.29. The quantitative estimate of drug-likeness (QED) is 0.501. The van der Waals surface area contributed by atoms with Crippen LogP contribution in [0.5, 0.6) is 0 Å². The Morgan fingerprint density at radius 1 is 1.20 bits per heavy atom. The zero-order valence-corrected chi connectivity index (χ0v) is 10.5. The third-order valence-electron chi connectivity index (χ3n) is 1.14. The van der Waals surface area contributed by atoms with Gasteiger partial charge in [-0.1, -0.05) is 0 Å². The van der Waals surface area contributed by atoms with Crippen LogP contribution in [0.1, 0.15) is 34.1 Å². The highest BCUT2D eigenvalue weighted by Crippen LogP contribution is 2.51. The Kier molecular flexibility index (Phi) is 6.78. The van der Waals surface area contributed by atoms with Crippen LogP contribution in [0, 0.1) is 11.3 Å². The summed E-state index contributed by atoms with van der Waals surface area (Å²) in [7, 11) is -3.51. The van der Waals surface area contributed by atoms with Crippen molar-refractivity contribution in [3.63, 3.8) is 0 Å². The van der Waals surface area contributed by atoms with E-state index in [4.69, 9.17) is 18.8 Å². The molecule has 5 nitrogen and oxygen atoms in total. The molecular weight excluding hydrogens is 217 g/mol. The molecule has 0 aromatic carbocycles. The fraction of sp³-hybridized carbons (Fsp3) is 0.889. The van der Waals surface area contributed by atoms with E-state index in [9.17, 15) is 4.57 Å². The second-order valence-corrected chi connectivity index (χ2v) is 5.07. The van der Waals surface area contributed by atoms with Gasteiger partial charge in [0.2, 0.25) is 0 Å². The van der Waals surface area contributed by atoms with Gasteiger partial charge in [-0.2, -0.15) is 5.26 Å². The molecule has 0 aliphatic heterocycles. The van der Waals surface area contributed by atoms with Gasteiger partial charge in [-0.15, -0.1) is 0 Å². The molecule has 0 spiro atoms. The van der Waals surface area contributed by atoms with Crippen molar-refractivity contribution in [1.29, 1.82) is 5.26 Å². The summed E-state index contributed by atoms with van der Waals surface area (Å²) >= 11 is 0. The molecule has 0 aromatic rings. The van der Waals surface area contributed by atoms with Gasteiger partial charge < -0.3 is 0 Å². The van der Waals surface area contributed by atoms with Crippen molar-refractivity contribution in [2.45, 2.75) is 46.3 Å². The van der Waals surface area contributed by atoms with E-state index in [0.717, 1.165) is 0 Å². The summed E-state index contributed by atoms with van der Waals surface area (Å²) in [5.41, 5.74) is 0. The number of nitrogens with zero attached hydrogens (tertiary/aromatic N) is 1. The Labute approximate surface area is 90.9 Å². The molecular formula is C9H18NO4P. The van der Waals surface area contributed by atoms with Gasteiger partial charge in [-0.25, -0.2) is 4.57 Å². The SMILES string of the molecule is CC(C)OP(=O)(OCCC#N)OC(C)C. The number of phosphoric ester groups is 1. The molecule has 0 bridgehead atoms. The first-order valence-electron chi connectivity index (χ1n) is 4.88. The number of rotatable bonds is 7. The molecule has 0 saturated heterocycles. The summed E-state index contributed by atoms with van der Waals surface area (Å²) in [4.78, 5) is 0. The van der Waals surface area contributed by atoms with Gasteiger partial charge in [-0.05, 0) is 27.7 Å². The van der Waals surface area contributed by atoms with Crippen molar-refractivity contribution in [3.8, 4) is 6.07 Å². The molecule has 0 aliphatic carbocycles. The van der Waals surface area contributed by atoms with Crippen LogP contribution in [0.3, 0.4) is 0 Å². The van der Waals surface area contributed by atoms with Crippen LogP contribution < -0.4 is 0 Å². The minimum Gasteiger partial charge on any atom is -0.286 e. The van der Waals surface area contributed by atoms with E-state index in [2.05, 4.69) is 0 Å². The summed E-state index contributed by atoms with van der Waals surface area (Å²) in [6.45, 7) is 7.01. The third-order valence-corrected chi connectivity index (χ3v) is 3.00. The smallest absolute Gasteiger partial charge is 0.286 e. The van der Waals surface area contributed by atoms with E-state index in [1.165, 1.54) is 0 Å². The summed E-state index contributed by atoms with van der Waals surface area (Å²) < 4.78 is 27.1. The number of nitriles is 1. The minimum absolute atomic E-state index is 0.0488. The lowest BCUT2D eigenvalue weighted by molar-refractivity contribution is 0.0734. The van der Waals surface area contributed by atoms with E-state index in [1.807, 2.05) is 6.07 Å². The fourth-order valence-electron chi connectivity index (χ4n) is 0.805. The lowest BCUT2D eigenvalue weighted by Crippen LogP contribution is -2.10. The first kappa shape index (κ1) is 14.6. The van der Waals surface area contributed by atoms with Crippen molar-refractivity contribution in [2.75, 3.05) is 6.61 Å². The molecule has 0 aliphatic rings. The molecule has 0 saturated carbocycles. The largest absolute Gasteiger partial charge is 0.475 e. The van der Waals surface area contributed by atoms with E-state index in [0.29, 0.717) is 0 Å². The highest BCUT2D eigenvalue weighted by atomic mass is 31.2. The Bertz CT molecular complexity index is 245. The number of hydrogen-bond donors (Lipinski definition) is 0. The van der Waals surface area contributed by atoms with Crippen LogP contribution in [-0.2, 0) is 18.1 Å². The maximum atomic E-state index is 11.9. The van der Waals surface area contributed by atoms with Crippen LogP contribution in [-0.4, -0.2) is 18.8 Å². The van der Waals surface area contributed by atoms with Gasteiger partial charge in [0.15, 0.2) is 0 Å². The Hall–Kier alpha value is -0.400. The molecule has 0 N–H and O–H groups in total. The second-order valence-electron chi connectivity index (χ2n) is 3.50. The first-order valence-corrected chi connectivity index (χ1v) is 6.34. The lowest BCUT2D eigenvalue weighted by atomic mass is 10.5. The van der Waals surface area contributed by atoms with Crippen molar-refractivity contribution in [3.05, 3.63) is 0 Å². The normalized spacial score (nSPS) is 12.1. The predicted octanol–water partition coefficient (Wildman–Crippen LogP) is 2.87. The van der Waals surface area contributed by atoms with Crippen molar-refractivity contribution in [1.82, 2.24) is 0 Å². The zero-order valence-electron chi connectivity index (χ0n) is 9.60. The molecule has 88 valence electrons. The summed E-state index contributed by atoms with van der Waals surface area (Å²) in [6.07, 6.45) is -0.347. The topological polar surface area (TPSA) is 68.5 Å². The highest BCUT2D eigenvalue weighted by Gasteiger charge is 2.29. The van der Waals surface area contributed by atoms with Gasteiger partial charge in [-0.3, -0.25) is 13.6 Å². The average molecular weight is 235 g/mol. The van der Waals surface area contributed by atoms with Gasteiger partial charge in [0.1, 0.15) is 0 Å². The molecule has 0 amide bonds. The summed E-state index contributed by atoms with van der Waals surface area (Å²) in [5.74, 6) is 0. The maximum Gasteiger partial charge on any atom is 0.475 e. The van der Waals surface area contributed by atoms with Gasteiger partial charge in [0.05, 0.1) is 31.3 Å². The molecule has 0 aromatic heterocycles. The first-order chi connectivity index (χ1) is 6.89. The van der Waals surface area contributed by atoms with Crippen LogP contribution in [0.2, 0.25) is 0 Å². The van der Waals surface area contributed by atoms with E-state index < -0.39 is 7.82 Å². The highest BCUT2D eigenvalue weighted by molar-refractivity contribution is 7.48. The van der Waals surface area contributed by atoms with Gasteiger partial charge in [0.25, 0.3) is 0 Å². The van der Waals surface area contributed by atoms with Crippen molar-refractivity contribution >= 4 is 7.82 Å². The predicted molar refractivity (Wildman–Crippen MR) is 56.2 cm³/mol. The monoisotopic (exact) mass is 235 g/mol. The third kappa shape index (κ3) is 7.52. The Morgan fingerprint density at radius 3 is 2.00 bits per heavy atom. The molecule has 0 unspecified atom stereocenters. The van der Waals surface area contributed by atoms with Crippen LogP contribution in [0.25, 0.3) is 0 Å². The molecule has 0 rings (SSSR count). The van der Waals surface area contributed by atoms with E-state index in [1.54, 1.807) is 27.7 Å². The molecule has 0 heterocycles. The lowest BCUT2D eigenvalue weighted by Gasteiger charge is -2.21.